The van der Waals surface area contributed by atoms with Crippen LogP contribution in [0, 0.1) is 0 Å². The fraction of sp³-hybridized carbons (Fsp3) is 0.238. The molecule has 1 aliphatic rings. The number of hydrogen-bond donors (Lipinski definition) is 0. The second kappa shape index (κ2) is 7.07. The lowest BCUT2D eigenvalue weighted by molar-refractivity contribution is 0.766. The van der Waals surface area contributed by atoms with Crippen molar-refractivity contribution in [3.8, 4) is 0 Å². The zero-order valence-electron chi connectivity index (χ0n) is 13.7. The highest BCUT2D eigenvalue weighted by Crippen LogP contribution is 2.60. The molecule has 1 aliphatic heterocycles. The summed E-state index contributed by atoms with van der Waals surface area (Å²) >= 11 is 6.12. The molecule has 0 unspecified atom stereocenters. The molecule has 0 saturated carbocycles. The van der Waals surface area contributed by atoms with Crippen molar-refractivity contribution in [2.24, 2.45) is 0 Å². The van der Waals surface area contributed by atoms with Crippen molar-refractivity contribution in [3.05, 3.63) is 72.3 Å². The fourth-order valence-electron chi connectivity index (χ4n) is 3.24. The zero-order valence-corrected chi connectivity index (χ0v) is 16.1. The van der Waals surface area contributed by atoms with E-state index in [4.69, 9.17) is 0 Å². The molecule has 3 aromatic carbocycles. The first-order valence-corrected chi connectivity index (χ1v) is 11.1. The molecule has 0 aromatic heterocycles. The smallest absolute Gasteiger partial charge is 0.115 e. The third-order valence-corrected chi connectivity index (χ3v) is 9.44. The highest BCUT2D eigenvalue weighted by molar-refractivity contribution is 8.34. The van der Waals surface area contributed by atoms with Gasteiger partial charge in [0.05, 0.1) is 0 Å². The largest absolute Gasteiger partial charge is 0.136 e. The van der Waals surface area contributed by atoms with Gasteiger partial charge in [-0.25, -0.2) is 0 Å². The van der Waals surface area contributed by atoms with Crippen LogP contribution in [0.25, 0.3) is 10.8 Å². The lowest BCUT2D eigenvalue weighted by Crippen LogP contribution is -2.17. The van der Waals surface area contributed by atoms with Crippen LogP contribution in [0.4, 0.5) is 0 Å². The Kier molecular flexibility index (Phi) is 4.84. The summed E-state index contributed by atoms with van der Waals surface area (Å²) in [6.45, 7) is 0. The summed E-state index contributed by atoms with van der Waals surface area (Å²) < 4.78 is 0.192. The van der Waals surface area contributed by atoms with Crippen LogP contribution in [0.3, 0.4) is 0 Å². The molecule has 3 heteroatoms. The van der Waals surface area contributed by atoms with Crippen LogP contribution in [0.5, 0.6) is 0 Å². The van der Waals surface area contributed by atoms with Crippen molar-refractivity contribution < 1.29 is 0 Å². The van der Waals surface area contributed by atoms with Gasteiger partial charge in [0.1, 0.15) is 3.41 Å². The summed E-state index contributed by atoms with van der Waals surface area (Å²) in [5.74, 6) is 0. The van der Waals surface area contributed by atoms with Crippen molar-refractivity contribution in [1.82, 2.24) is 0 Å². The molecule has 0 atom stereocenters. The molecule has 0 bridgehead atoms. The van der Waals surface area contributed by atoms with E-state index < -0.39 is 0 Å². The van der Waals surface area contributed by atoms with Crippen molar-refractivity contribution in [3.63, 3.8) is 0 Å². The van der Waals surface area contributed by atoms with Crippen LogP contribution < -0.4 is 0 Å². The van der Waals surface area contributed by atoms with Gasteiger partial charge in [-0.15, -0.1) is 11.8 Å². The second-order valence-electron chi connectivity index (χ2n) is 6.04. The number of benzene rings is 3. The number of hydrogen-bond acceptors (Lipinski definition) is 3. The third kappa shape index (κ3) is 3.22. The standard InChI is InChI=1S/C21H20S3/c1-22-21(15-7-10-16-8-3-2-4-9-16)23-18-13-5-11-17-12-6-14-19(24-21)20(17)18/h2-6,8-9,11-14H,7,10,15H2,1H3. The lowest BCUT2D eigenvalue weighted by Gasteiger charge is -2.35. The first-order valence-electron chi connectivity index (χ1n) is 8.28. The zero-order chi connectivity index (χ0) is 16.4. The minimum Gasteiger partial charge on any atom is -0.136 e. The molecule has 3 aromatic rings. The van der Waals surface area contributed by atoms with Crippen LogP contribution in [0.2, 0.25) is 0 Å². The normalized spacial score (nSPS) is 15.5. The molecular weight excluding hydrogens is 348 g/mol. The Balaban J connectivity index is 1.56. The Morgan fingerprint density at radius 1 is 0.833 bits per heavy atom. The van der Waals surface area contributed by atoms with Crippen LogP contribution in [0.1, 0.15) is 18.4 Å². The first-order chi connectivity index (χ1) is 11.8. The molecule has 0 fully saturated rings. The molecule has 4 rings (SSSR count). The topological polar surface area (TPSA) is 0 Å². The average molecular weight is 369 g/mol. The van der Waals surface area contributed by atoms with Gasteiger partial charge in [0.15, 0.2) is 0 Å². The predicted molar refractivity (Wildman–Crippen MR) is 111 cm³/mol. The van der Waals surface area contributed by atoms with E-state index in [2.05, 4.69) is 96.5 Å². The Bertz CT molecular complexity index is 801. The van der Waals surface area contributed by atoms with Gasteiger partial charge >= 0.3 is 0 Å². The minimum atomic E-state index is 0.192. The van der Waals surface area contributed by atoms with E-state index >= 15 is 0 Å². The molecule has 0 amide bonds. The van der Waals surface area contributed by atoms with E-state index in [9.17, 15) is 0 Å². The molecule has 0 nitrogen and oxygen atoms in total. The molecule has 0 aliphatic carbocycles. The summed E-state index contributed by atoms with van der Waals surface area (Å²) in [5.41, 5.74) is 1.45. The molecule has 24 heavy (non-hydrogen) atoms. The van der Waals surface area contributed by atoms with E-state index in [1.807, 2.05) is 11.8 Å². The molecule has 1 heterocycles. The number of thioether (sulfide) groups is 3. The Morgan fingerprint density at radius 2 is 1.50 bits per heavy atom. The summed E-state index contributed by atoms with van der Waals surface area (Å²) in [5, 5.41) is 2.81. The Labute approximate surface area is 156 Å². The lowest BCUT2D eigenvalue weighted by atomic mass is 10.1. The quantitative estimate of drug-likeness (QED) is 0.472. The second-order valence-corrected chi connectivity index (χ2v) is 10.6. The summed E-state index contributed by atoms with van der Waals surface area (Å²) in [7, 11) is 0. The van der Waals surface area contributed by atoms with Crippen LogP contribution in [-0.4, -0.2) is 9.67 Å². The highest BCUT2D eigenvalue weighted by Gasteiger charge is 2.36. The van der Waals surface area contributed by atoms with Gasteiger partial charge in [0.25, 0.3) is 0 Å². The third-order valence-electron chi connectivity index (χ3n) is 4.46. The first kappa shape index (κ1) is 16.4. The van der Waals surface area contributed by atoms with E-state index in [0.29, 0.717) is 0 Å². The van der Waals surface area contributed by atoms with E-state index in [1.54, 1.807) is 0 Å². The Hall–Kier alpha value is -1.03. The summed E-state index contributed by atoms with van der Waals surface area (Å²) in [4.78, 5) is 2.88. The van der Waals surface area contributed by atoms with Gasteiger partial charge in [0, 0.05) is 15.2 Å². The van der Waals surface area contributed by atoms with Gasteiger partial charge in [-0.1, -0.05) is 78.1 Å². The predicted octanol–water partition coefficient (Wildman–Crippen LogP) is 7.08. The van der Waals surface area contributed by atoms with Crippen molar-refractivity contribution >= 4 is 46.1 Å². The Morgan fingerprint density at radius 3 is 2.12 bits per heavy atom. The fourth-order valence-corrected chi connectivity index (χ4v) is 7.68. The number of rotatable bonds is 5. The van der Waals surface area contributed by atoms with Crippen molar-refractivity contribution in [2.75, 3.05) is 6.26 Å². The number of aryl methyl sites for hydroxylation is 1. The van der Waals surface area contributed by atoms with Crippen LogP contribution in [0.15, 0.2) is 76.5 Å². The maximum Gasteiger partial charge on any atom is 0.115 e. The van der Waals surface area contributed by atoms with Gasteiger partial charge in [-0.2, -0.15) is 0 Å². The van der Waals surface area contributed by atoms with Crippen LogP contribution in [-0.2, 0) is 6.42 Å². The summed E-state index contributed by atoms with van der Waals surface area (Å²) in [6.07, 6.45) is 5.86. The maximum absolute atomic E-state index is 2.29. The SMILES string of the molecule is CSC1(CCCc2ccccc2)Sc2cccc3cccc(c23)S1. The van der Waals surface area contributed by atoms with E-state index in [-0.39, 0.29) is 3.41 Å². The van der Waals surface area contributed by atoms with Crippen molar-refractivity contribution in [1.29, 1.82) is 0 Å². The van der Waals surface area contributed by atoms with E-state index in [0.717, 1.165) is 6.42 Å². The van der Waals surface area contributed by atoms with Gasteiger partial charge in [-0.05, 0) is 48.6 Å². The average Bonchev–Trinajstić information content (AvgIpc) is 2.63. The molecular formula is C21H20S3. The maximum atomic E-state index is 2.29. The molecule has 0 N–H and O–H groups in total. The van der Waals surface area contributed by atoms with E-state index in [1.165, 1.54) is 39.0 Å². The molecule has 122 valence electrons. The molecule has 0 saturated heterocycles. The van der Waals surface area contributed by atoms with Gasteiger partial charge in [0.2, 0.25) is 0 Å². The van der Waals surface area contributed by atoms with Crippen LogP contribution >= 0.6 is 35.3 Å². The molecule has 0 spiro atoms. The van der Waals surface area contributed by atoms with Gasteiger partial charge < -0.3 is 0 Å². The highest BCUT2D eigenvalue weighted by atomic mass is 32.3. The van der Waals surface area contributed by atoms with Crippen molar-refractivity contribution in [2.45, 2.75) is 32.5 Å². The monoisotopic (exact) mass is 368 g/mol. The summed E-state index contributed by atoms with van der Waals surface area (Å²) in [6, 6.07) is 24.3. The van der Waals surface area contributed by atoms with Gasteiger partial charge in [-0.3, -0.25) is 0 Å². The minimum absolute atomic E-state index is 0.192. The molecule has 0 radical (unpaired) electrons.